The number of fused-ring (bicyclic) bond motifs is 4. The Hall–Kier alpha value is -8.08. The number of thiophene rings is 3. The molecule has 0 spiro atoms. The summed E-state index contributed by atoms with van der Waals surface area (Å²) in [6.07, 6.45) is 1.67. The van der Waals surface area contributed by atoms with Gasteiger partial charge in [-0.05, 0) is 52.3 Å². The van der Waals surface area contributed by atoms with E-state index in [0.717, 1.165) is 4.70 Å². The van der Waals surface area contributed by atoms with Gasteiger partial charge in [0.25, 0.3) is 41.2 Å². The first-order valence-electron chi connectivity index (χ1n) is 25.7. The van der Waals surface area contributed by atoms with Crippen molar-refractivity contribution in [2.75, 3.05) is 56.9 Å². The summed E-state index contributed by atoms with van der Waals surface area (Å²) in [6, 6.07) is 6.76. The zero-order valence-corrected chi connectivity index (χ0v) is 52.3. The second-order valence-electron chi connectivity index (χ2n) is 18.4. The molecule has 0 N–H and O–H groups in total. The SMILES string of the molecule is CCC(CC(=O)c1cc2nc(OC)c(OC)nc2s1)C(C)=O.COc1cc2sc(C(=O)C[C@H](C)C(C)=O)nc2nc1OC.COc1nc2cc(C(=O)CC(C)C(C)=O)sc2nc1OC.COc1nc2cc(C(=O)CCC(C)=O)sc2nc1OC. The fourth-order valence-electron chi connectivity index (χ4n) is 7.28. The van der Waals surface area contributed by atoms with E-state index in [0.29, 0.717) is 74.4 Å². The Bertz CT molecular complexity index is 3440. The molecular weight excluding hydrogens is 1170 g/mol. The van der Waals surface area contributed by atoms with Crippen LogP contribution in [0.4, 0.5) is 0 Å². The van der Waals surface area contributed by atoms with Gasteiger partial charge in [-0.2, -0.15) is 19.9 Å². The lowest BCUT2D eigenvalue weighted by Gasteiger charge is -2.08. The van der Waals surface area contributed by atoms with Gasteiger partial charge in [-0.3, -0.25) is 33.6 Å². The molecule has 3 atom stereocenters. The summed E-state index contributed by atoms with van der Waals surface area (Å²) in [5, 5.41) is 0.348. The average Bonchev–Trinajstić information content (AvgIpc) is 4.51. The van der Waals surface area contributed by atoms with E-state index in [1.54, 1.807) is 38.1 Å². The van der Waals surface area contributed by atoms with Crippen LogP contribution in [0.5, 0.6) is 46.9 Å². The summed E-state index contributed by atoms with van der Waals surface area (Å²) >= 11 is 4.96. The van der Waals surface area contributed by atoms with Crippen molar-refractivity contribution in [1.29, 1.82) is 0 Å². The minimum atomic E-state index is -0.304. The Kier molecular flexibility index (Phi) is 24.6. The maximum atomic E-state index is 12.3. The standard InChI is InChI=1S/C15H18N2O4S.2C14H16N2O4S.C13H14N2O4S/c1-5-9(8(2)18)6-11(19)12-7-10-15(22-12)17-14(21-4)13(16-10)20-3;1-7(8(2)17)5-10(18)11-6-9-14(21-11)16-13(20-4)12(15-9)19-3;1-7(8(2)17)5-9(18)14-16-12-11(21-14)6-10(19-3)13(15-12)20-4;1-7(16)4-5-9(17)10-6-8-13(20-10)15-12(19-3)11(14-8)18-2/h7,9H,5-6H2,1-4H3;2*6-7H,5H2,1-4H3;6H,4-5H2,1-3H3/t;;7-;/m..0./s1. The van der Waals surface area contributed by atoms with Crippen LogP contribution in [0.15, 0.2) is 24.3 Å². The third-order valence-corrected chi connectivity index (χ3v) is 16.6. The van der Waals surface area contributed by atoms with E-state index in [1.165, 1.54) is 130 Å². The van der Waals surface area contributed by atoms with Crippen LogP contribution >= 0.6 is 45.3 Å². The first kappa shape index (κ1) is 66.7. The van der Waals surface area contributed by atoms with Crippen LogP contribution in [-0.4, -0.2) is 143 Å². The highest BCUT2D eigenvalue weighted by atomic mass is 32.1. The number of ether oxygens (including phenoxy) is 8. The van der Waals surface area contributed by atoms with Crippen LogP contribution in [0.1, 0.15) is 126 Å². The van der Waals surface area contributed by atoms with Crippen LogP contribution < -0.4 is 37.9 Å². The van der Waals surface area contributed by atoms with E-state index in [1.807, 2.05) is 6.92 Å². The number of rotatable bonds is 25. The van der Waals surface area contributed by atoms with E-state index in [-0.39, 0.29) is 131 Å². The molecule has 0 aliphatic carbocycles. The van der Waals surface area contributed by atoms with Crippen molar-refractivity contribution in [3.63, 3.8) is 0 Å². The molecule has 0 fully saturated rings. The molecule has 0 aliphatic heterocycles. The quantitative estimate of drug-likeness (QED) is 0.0480. The largest absolute Gasteiger partial charge is 0.491 e. The highest BCUT2D eigenvalue weighted by Crippen LogP contribution is 2.35. The Morgan fingerprint density at radius 3 is 1.15 bits per heavy atom. The Labute approximate surface area is 499 Å². The normalized spacial score (nSPS) is 11.8. The van der Waals surface area contributed by atoms with E-state index in [9.17, 15) is 38.4 Å². The van der Waals surface area contributed by atoms with Gasteiger partial charge in [-0.1, -0.05) is 20.8 Å². The van der Waals surface area contributed by atoms with Crippen molar-refractivity contribution in [3.8, 4) is 46.9 Å². The van der Waals surface area contributed by atoms with Crippen molar-refractivity contribution < 1.29 is 76.3 Å². The van der Waals surface area contributed by atoms with Crippen LogP contribution in [-0.2, 0) is 19.2 Å². The number of nitrogens with zero attached hydrogens (tertiary/aromatic N) is 8. The van der Waals surface area contributed by atoms with Gasteiger partial charge in [0, 0.05) is 55.9 Å². The first-order valence-corrected chi connectivity index (χ1v) is 28.9. The number of methoxy groups -OCH3 is 8. The van der Waals surface area contributed by atoms with Crippen molar-refractivity contribution in [2.24, 2.45) is 17.8 Å². The molecule has 8 aromatic rings. The Balaban J connectivity index is 0.000000205. The Morgan fingerprint density at radius 1 is 0.417 bits per heavy atom. The molecule has 8 heterocycles. The maximum Gasteiger partial charge on any atom is 0.279 e. The van der Waals surface area contributed by atoms with Gasteiger partial charge in [0.1, 0.15) is 54.2 Å². The molecule has 8 rings (SSSR count). The molecule has 24 nitrogen and oxygen atoms in total. The summed E-state index contributed by atoms with van der Waals surface area (Å²) < 4.78 is 41.5. The molecule has 0 radical (unpaired) electrons. The molecule has 28 heteroatoms. The smallest absolute Gasteiger partial charge is 0.279 e. The lowest BCUT2D eigenvalue weighted by Crippen LogP contribution is -2.14. The third kappa shape index (κ3) is 17.3. The molecule has 0 saturated carbocycles. The zero-order chi connectivity index (χ0) is 62.1. The van der Waals surface area contributed by atoms with Gasteiger partial charge >= 0.3 is 0 Å². The summed E-state index contributed by atoms with van der Waals surface area (Å²) in [4.78, 5) is 131. The molecule has 8 aromatic heterocycles. The molecular formula is C56H64N8O16S4. The topological polar surface area (TPSA) is 314 Å². The fraction of sp³-hybridized carbons (Fsp3) is 0.429. The number of pyridine rings is 1. The molecule has 0 saturated heterocycles. The predicted molar refractivity (Wildman–Crippen MR) is 317 cm³/mol. The van der Waals surface area contributed by atoms with E-state index >= 15 is 0 Å². The van der Waals surface area contributed by atoms with Crippen molar-refractivity contribution in [2.45, 2.75) is 87.0 Å². The fourth-order valence-corrected chi connectivity index (χ4v) is 10.9. The number of thiazole rings is 1. The van der Waals surface area contributed by atoms with E-state index in [2.05, 4.69) is 39.9 Å². The molecule has 0 aliphatic rings. The van der Waals surface area contributed by atoms with Crippen LogP contribution in [0.3, 0.4) is 0 Å². The average molecular weight is 1230 g/mol. The molecule has 0 amide bonds. The molecule has 448 valence electrons. The highest BCUT2D eigenvalue weighted by Gasteiger charge is 2.24. The molecule has 0 aromatic carbocycles. The van der Waals surface area contributed by atoms with Crippen molar-refractivity contribution in [1.82, 2.24) is 39.9 Å². The molecule has 84 heavy (non-hydrogen) atoms. The third-order valence-electron chi connectivity index (χ3n) is 12.4. The number of carbonyl (C=O) groups excluding carboxylic acids is 8. The van der Waals surface area contributed by atoms with Crippen molar-refractivity contribution in [3.05, 3.63) is 43.9 Å². The lowest BCUT2D eigenvalue weighted by molar-refractivity contribution is -0.121. The predicted octanol–water partition coefficient (Wildman–Crippen LogP) is 10.2. The molecule has 2 unspecified atom stereocenters. The van der Waals surface area contributed by atoms with Crippen LogP contribution in [0, 0.1) is 17.8 Å². The Morgan fingerprint density at radius 2 is 0.798 bits per heavy atom. The summed E-state index contributed by atoms with van der Waals surface area (Å²) in [5.74, 6) is 1.32. The van der Waals surface area contributed by atoms with E-state index < -0.39 is 0 Å². The second-order valence-corrected chi connectivity index (χ2v) is 22.5. The van der Waals surface area contributed by atoms with Crippen LogP contribution in [0.25, 0.3) is 41.4 Å². The summed E-state index contributed by atoms with van der Waals surface area (Å²) in [5.41, 5.74) is 2.19. The number of carbonyl (C=O) groups is 8. The number of Topliss-reactive ketones (excluding diaryl/α,β-unsaturated/α-hetero) is 8. The van der Waals surface area contributed by atoms with E-state index in [4.69, 9.17) is 37.9 Å². The number of aromatic nitrogens is 8. The van der Waals surface area contributed by atoms with Gasteiger partial charge in [0.05, 0.1) is 76.2 Å². The maximum absolute atomic E-state index is 12.3. The monoisotopic (exact) mass is 1230 g/mol. The number of ketones is 8. The van der Waals surface area contributed by atoms with Gasteiger partial charge in [-0.25, -0.2) is 19.9 Å². The van der Waals surface area contributed by atoms with Crippen LogP contribution in [0.2, 0.25) is 0 Å². The summed E-state index contributed by atoms with van der Waals surface area (Å²) in [7, 11) is 11.9. The number of hydrogen-bond donors (Lipinski definition) is 0. The highest BCUT2D eigenvalue weighted by molar-refractivity contribution is 7.21. The second kappa shape index (κ2) is 31.0. The minimum Gasteiger partial charge on any atom is -0.491 e. The number of hydrogen-bond acceptors (Lipinski definition) is 28. The first-order chi connectivity index (χ1) is 40.0. The van der Waals surface area contributed by atoms with Gasteiger partial charge in [0.15, 0.2) is 39.5 Å². The zero-order valence-electron chi connectivity index (χ0n) is 49.0. The summed E-state index contributed by atoms with van der Waals surface area (Å²) in [6.45, 7) is 11.3. The van der Waals surface area contributed by atoms with Gasteiger partial charge in [0.2, 0.25) is 0 Å². The van der Waals surface area contributed by atoms with Crippen molar-refractivity contribution >= 4 is 133 Å². The lowest BCUT2D eigenvalue weighted by atomic mass is 9.95. The molecule has 0 bridgehead atoms. The minimum absolute atomic E-state index is 0.000880. The van der Waals surface area contributed by atoms with Gasteiger partial charge in [-0.15, -0.1) is 45.3 Å². The van der Waals surface area contributed by atoms with Gasteiger partial charge < -0.3 is 42.7 Å².